The van der Waals surface area contributed by atoms with Crippen molar-refractivity contribution in [3.8, 4) is 0 Å². The third kappa shape index (κ3) is 3.89. The van der Waals surface area contributed by atoms with Gasteiger partial charge in [0.2, 0.25) is 0 Å². The van der Waals surface area contributed by atoms with E-state index in [2.05, 4.69) is 23.0 Å². The second-order valence-corrected chi connectivity index (χ2v) is 3.87. The Balaban J connectivity index is 0.000000280. The Kier molecular flexibility index (Phi) is 6.00. The van der Waals surface area contributed by atoms with Crippen LogP contribution in [0.2, 0.25) is 0 Å². The van der Waals surface area contributed by atoms with E-state index < -0.39 is 0 Å². The van der Waals surface area contributed by atoms with Gasteiger partial charge in [-0.15, -0.1) is 0 Å². The summed E-state index contributed by atoms with van der Waals surface area (Å²) in [5.74, 6) is 0. The van der Waals surface area contributed by atoms with Gasteiger partial charge in [-0.05, 0) is 38.1 Å². The van der Waals surface area contributed by atoms with E-state index in [-0.39, 0.29) is 13.2 Å². The summed E-state index contributed by atoms with van der Waals surface area (Å²) < 4.78 is 0. The zero-order valence-electron chi connectivity index (χ0n) is 9.71. The second kappa shape index (κ2) is 7.33. The molecule has 0 aliphatic carbocycles. The minimum atomic E-state index is -0.125. The predicted octanol–water partition coefficient (Wildman–Crippen LogP) is 0.819. The third-order valence-electron chi connectivity index (χ3n) is 2.69. The average molecular weight is 224 g/mol. The van der Waals surface area contributed by atoms with Crippen LogP contribution in [-0.4, -0.2) is 46.9 Å². The summed E-state index contributed by atoms with van der Waals surface area (Å²) in [7, 11) is 2.19. The molecule has 2 rings (SSSR count). The summed E-state index contributed by atoms with van der Waals surface area (Å²) in [6.45, 7) is 0.972. The number of rotatable bonds is 2. The van der Waals surface area contributed by atoms with Crippen molar-refractivity contribution in [2.45, 2.75) is 18.9 Å². The van der Waals surface area contributed by atoms with Crippen molar-refractivity contribution >= 4 is 0 Å². The Morgan fingerprint density at radius 3 is 2.62 bits per heavy atom. The van der Waals surface area contributed by atoms with Crippen LogP contribution >= 0.6 is 0 Å². The van der Waals surface area contributed by atoms with Gasteiger partial charge in [-0.25, -0.2) is 0 Å². The Morgan fingerprint density at radius 2 is 2.19 bits per heavy atom. The van der Waals surface area contributed by atoms with Crippen LogP contribution in [-0.2, 0) is 0 Å². The van der Waals surface area contributed by atoms with Gasteiger partial charge in [-0.1, -0.05) is 6.07 Å². The molecule has 90 valence electrons. The summed E-state index contributed by atoms with van der Waals surface area (Å²) in [5, 5.41) is 15.2. The standard InChI is InChI=1S/C10H14N2.C2H6O2/c1-12-7-3-5-10(12)9-4-2-6-11-8-9;3-1-2-4/h2,4,6,8,10H,3,5,7H2,1H3;3-4H,1-2H2/t10-;/m0./s1. The highest BCUT2D eigenvalue weighted by molar-refractivity contribution is 5.14. The molecule has 1 aromatic rings. The number of hydrogen-bond acceptors (Lipinski definition) is 4. The molecule has 0 radical (unpaired) electrons. The fourth-order valence-corrected chi connectivity index (χ4v) is 1.90. The van der Waals surface area contributed by atoms with E-state index in [0.717, 1.165) is 0 Å². The highest BCUT2D eigenvalue weighted by Crippen LogP contribution is 2.29. The van der Waals surface area contributed by atoms with Gasteiger partial charge in [0, 0.05) is 18.4 Å². The van der Waals surface area contributed by atoms with Crippen molar-refractivity contribution < 1.29 is 10.2 Å². The maximum absolute atomic E-state index is 7.62. The zero-order chi connectivity index (χ0) is 11.8. The lowest BCUT2D eigenvalue weighted by Crippen LogP contribution is -2.17. The smallest absolute Gasteiger partial charge is 0.0662 e. The van der Waals surface area contributed by atoms with Crippen LogP contribution in [0.4, 0.5) is 0 Å². The molecule has 4 heteroatoms. The molecule has 1 atom stereocenters. The maximum atomic E-state index is 7.62. The molecule has 1 aliphatic heterocycles. The zero-order valence-corrected chi connectivity index (χ0v) is 9.71. The van der Waals surface area contributed by atoms with Crippen molar-refractivity contribution in [3.63, 3.8) is 0 Å². The van der Waals surface area contributed by atoms with E-state index in [0.29, 0.717) is 6.04 Å². The highest BCUT2D eigenvalue weighted by atomic mass is 16.3. The number of aromatic nitrogens is 1. The maximum Gasteiger partial charge on any atom is 0.0662 e. The van der Waals surface area contributed by atoms with Crippen molar-refractivity contribution in [1.82, 2.24) is 9.88 Å². The highest BCUT2D eigenvalue weighted by Gasteiger charge is 2.21. The molecule has 0 unspecified atom stereocenters. The minimum Gasteiger partial charge on any atom is -0.394 e. The van der Waals surface area contributed by atoms with Crippen molar-refractivity contribution in [3.05, 3.63) is 30.1 Å². The molecule has 1 aliphatic rings. The lowest BCUT2D eigenvalue weighted by atomic mass is 10.1. The quantitative estimate of drug-likeness (QED) is 0.781. The molecule has 0 bridgehead atoms. The first kappa shape index (κ1) is 13.1. The van der Waals surface area contributed by atoms with Crippen LogP contribution in [0.15, 0.2) is 24.5 Å². The Hall–Kier alpha value is -0.970. The summed E-state index contributed by atoms with van der Waals surface area (Å²) in [4.78, 5) is 6.54. The lowest BCUT2D eigenvalue weighted by molar-refractivity contribution is 0.186. The molecular weight excluding hydrogens is 204 g/mol. The van der Waals surface area contributed by atoms with Gasteiger partial charge in [0.15, 0.2) is 0 Å². The number of pyridine rings is 1. The number of hydrogen-bond donors (Lipinski definition) is 2. The summed E-state index contributed by atoms with van der Waals surface area (Å²) in [5.41, 5.74) is 1.36. The van der Waals surface area contributed by atoms with Crippen LogP contribution in [0.3, 0.4) is 0 Å². The van der Waals surface area contributed by atoms with Gasteiger partial charge in [-0.2, -0.15) is 0 Å². The van der Waals surface area contributed by atoms with E-state index in [1.54, 1.807) is 0 Å². The summed E-state index contributed by atoms with van der Waals surface area (Å²) in [6, 6.07) is 4.79. The first-order valence-corrected chi connectivity index (χ1v) is 5.61. The van der Waals surface area contributed by atoms with Gasteiger partial charge < -0.3 is 10.2 Å². The molecule has 16 heavy (non-hydrogen) atoms. The molecule has 1 fully saturated rings. The van der Waals surface area contributed by atoms with Crippen molar-refractivity contribution in [2.75, 3.05) is 26.8 Å². The monoisotopic (exact) mass is 224 g/mol. The van der Waals surface area contributed by atoms with E-state index in [4.69, 9.17) is 10.2 Å². The topological polar surface area (TPSA) is 56.6 Å². The van der Waals surface area contributed by atoms with E-state index in [9.17, 15) is 0 Å². The van der Waals surface area contributed by atoms with Gasteiger partial charge in [0.1, 0.15) is 0 Å². The number of nitrogens with zero attached hydrogens (tertiary/aromatic N) is 2. The van der Waals surface area contributed by atoms with Crippen LogP contribution < -0.4 is 0 Å². The Labute approximate surface area is 96.6 Å². The van der Waals surface area contributed by atoms with Crippen LogP contribution in [0, 0.1) is 0 Å². The molecule has 0 spiro atoms. The minimum absolute atomic E-state index is 0.125. The largest absolute Gasteiger partial charge is 0.394 e. The van der Waals surface area contributed by atoms with Gasteiger partial charge >= 0.3 is 0 Å². The van der Waals surface area contributed by atoms with E-state index in [1.165, 1.54) is 24.9 Å². The SMILES string of the molecule is CN1CCC[C@H]1c1cccnc1.OCCO. The molecule has 2 N–H and O–H groups in total. The average Bonchev–Trinajstić information content (AvgIpc) is 2.77. The molecule has 0 amide bonds. The normalized spacial score (nSPS) is 20.3. The number of aliphatic hydroxyl groups excluding tert-OH is 2. The van der Waals surface area contributed by atoms with E-state index >= 15 is 0 Å². The molecule has 0 saturated carbocycles. The lowest BCUT2D eigenvalue weighted by Gasteiger charge is -2.18. The fourth-order valence-electron chi connectivity index (χ4n) is 1.90. The molecule has 1 saturated heterocycles. The van der Waals surface area contributed by atoms with Crippen LogP contribution in [0.25, 0.3) is 0 Å². The summed E-state index contributed by atoms with van der Waals surface area (Å²) in [6.07, 6.45) is 6.41. The number of aliphatic hydroxyl groups is 2. The Morgan fingerprint density at radius 1 is 1.44 bits per heavy atom. The van der Waals surface area contributed by atoms with Crippen LogP contribution in [0.5, 0.6) is 0 Å². The molecule has 4 nitrogen and oxygen atoms in total. The van der Waals surface area contributed by atoms with Gasteiger partial charge in [0.05, 0.1) is 13.2 Å². The summed E-state index contributed by atoms with van der Waals surface area (Å²) >= 11 is 0. The molecular formula is C12H20N2O2. The van der Waals surface area contributed by atoms with Gasteiger partial charge in [-0.3, -0.25) is 9.88 Å². The predicted molar refractivity (Wildman–Crippen MR) is 63.0 cm³/mol. The second-order valence-electron chi connectivity index (χ2n) is 3.87. The first-order valence-electron chi connectivity index (χ1n) is 5.61. The number of likely N-dealkylation sites (tertiary alicyclic amines) is 1. The first-order chi connectivity index (χ1) is 7.79. The molecule has 2 heterocycles. The Bertz CT molecular complexity index is 278. The molecule has 0 aromatic carbocycles. The van der Waals surface area contributed by atoms with Gasteiger partial charge in [0.25, 0.3) is 0 Å². The third-order valence-corrected chi connectivity index (χ3v) is 2.69. The van der Waals surface area contributed by atoms with Crippen molar-refractivity contribution in [1.29, 1.82) is 0 Å². The van der Waals surface area contributed by atoms with Crippen LogP contribution in [0.1, 0.15) is 24.4 Å². The fraction of sp³-hybridized carbons (Fsp3) is 0.583. The van der Waals surface area contributed by atoms with Crippen molar-refractivity contribution in [2.24, 2.45) is 0 Å². The van der Waals surface area contributed by atoms with E-state index in [1.807, 2.05) is 18.5 Å². The molecule has 1 aromatic heterocycles.